The van der Waals surface area contributed by atoms with Gasteiger partial charge in [-0.25, -0.2) is 4.98 Å². The maximum Gasteiger partial charge on any atom is 0.255 e. The van der Waals surface area contributed by atoms with E-state index in [1.807, 2.05) is 12.1 Å². The number of methoxy groups -OCH3 is 1. The summed E-state index contributed by atoms with van der Waals surface area (Å²) in [6.07, 6.45) is 3.89. The molecule has 1 aromatic carbocycles. The van der Waals surface area contributed by atoms with E-state index in [1.54, 1.807) is 37.6 Å². The van der Waals surface area contributed by atoms with E-state index in [-0.39, 0.29) is 5.91 Å². The van der Waals surface area contributed by atoms with Crippen LogP contribution in [-0.4, -0.2) is 24.5 Å². The van der Waals surface area contributed by atoms with Crippen LogP contribution in [0.25, 0.3) is 0 Å². The van der Waals surface area contributed by atoms with Crippen LogP contribution in [0, 0.1) is 0 Å². The average molecular weight is 299 g/mol. The third-order valence-electron chi connectivity index (χ3n) is 3.19. The van der Waals surface area contributed by atoms with E-state index in [0.717, 1.165) is 25.2 Å². The molecule has 1 aromatic heterocycles. The van der Waals surface area contributed by atoms with Crippen molar-refractivity contribution >= 4 is 17.4 Å². The minimum absolute atomic E-state index is 0.188. The molecular formula is C17H21N3O2. The van der Waals surface area contributed by atoms with Crippen LogP contribution in [0.3, 0.4) is 0 Å². The lowest BCUT2D eigenvalue weighted by Gasteiger charge is -2.08. The quantitative estimate of drug-likeness (QED) is 0.767. The van der Waals surface area contributed by atoms with Crippen molar-refractivity contribution in [3.63, 3.8) is 0 Å². The highest BCUT2D eigenvalue weighted by molar-refractivity contribution is 6.04. The Kier molecular flexibility index (Phi) is 5.77. The molecule has 1 heterocycles. The molecule has 0 fully saturated rings. The maximum absolute atomic E-state index is 12.2. The van der Waals surface area contributed by atoms with E-state index in [0.29, 0.717) is 17.0 Å². The van der Waals surface area contributed by atoms with Crippen LogP contribution in [0.2, 0.25) is 0 Å². The molecule has 0 aliphatic heterocycles. The Morgan fingerprint density at radius 3 is 2.82 bits per heavy atom. The first-order valence-electron chi connectivity index (χ1n) is 7.38. The molecule has 5 nitrogen and oxygen atoms in total. The number of hydrogen-bond donors (Lipinski definition) is 2. The van der Waals surface area contributed by atoms with Crippen LogP contribution in [0.5, 0.6) is 5.75 Å². The Morgan fingerprint density at radius 1 is 1.27 bits per heavy atom. The van der Waals surface area contributed by atoms with Gasteiger partial charge in [-0.1, -0.05) is 19.4 Å². The van der Waals surface area contributed by atoms with Crippen molar-refractivity contribution < 1.29 is 9.53 Å². The SMILES string of the molecule is CCCCNc1ccc(NC(=O)c2cccc(OC)c2)cn1. The smallest absolute Gasteiger partial charge is 0.255 e. The predicted molar refractivity (Wildman–Crippen MR) is 88.6 cm³/mol. The lowest BCUT2D eigenvalue weighted by atomic mass is 10.2. The fourth-order valence-corrected chi connectivity index (χ4v) is 1.93. The Bertz CT molecular complexity index is 612. The zero-order valence-electron chi connectivity index (χ0n) is 12.9. The molecule has 5 heteroatoms. The van der Waals surface area contributed by atoms with E-state index in [9.17, 15) is 4.79 Å². The summed E-state index contributed by atoms with van der Waals surface area (Å²) < 4.78 is 5.12. The van der Waals surface area contributed by atoms with Gasteiger partial charge in [0.05, 0.1) is 19.0 Å². The fraction of sp³-hybridized carbons (Fsp3) is 0.294. The van der Waals surface area contributed by atoms with Gasteiger partial charge in [0.25, 0.3) is 5.91 Å². The number of amides is 1. The molecule has 2 N–H and O–H groups in total. The molecule has 2 rings (SSSR count). The summed E-state index contributed by atoms with van der Waals surface area (Å²) >= 11 is 0. The highest BCUT2D eigenvalue weighted by atomic mass is 16.5. The number of carbonyl (C=O) groups excluding carboxylic acids is 1. The highest BCUT2D eigenvalue weighted by Crippen LogP contribution is 2.15. The van der Waals surface area contributed by atoms with Crippen LogP contribution >= 0.6 is 0 Å². The minimum Gasteiger partial charge on any atom is -0.497 e. The average Bonchev–Trinajstić information content (AvgIpc) is 2.56. The number of anilines is 2. The van der Waals surface area contributed by atoms with Crippen LogP contribution in [0.1, 0.15) is 30.1 Å². The van der Waals surface area contributed by atoms with Crippen molar-refractivity contribution in [3.8, 4) is 5.75 Å². The summed E-state index contributed by atoms with van der Waals surface area (Å²) in [5, 5.41) is 6.05. The number of unbranched alkanes of at least 4 members (excludes halogenated alkanes) is 1. The molecule has 116 valence electrons. The monoisotopic (exact) mass is 299 g/mol. The molecule has 22 heavy (non-hydrogen) atoms. The molecule has 0 saturated carbocycles. The summed E-state index contributed by atoms with van der Waals surface area (Å²) in [6, 6.07) is 10.7. The number of carbonyl (C=O) groups is 1. The Hall–Kier alpha value is -2.56. The van der Waals surface area contributed by atoms with E-state index in [2.05, 4.69) is 22.5 Å². The van der Waals surface area contributed by atoms with Gasteiger partial charge >= 0.3 is 0 Å². The topological polar surface area (TPSA) is 63.2 Å². The molecule has 0 saturated heterocycles. The Morgan fingerprint density at radius 2 is 2.14 bits per heavy atom. The Balaban J connectivity index is 1.96. The zero-order chi connectivity index (χ0) is 15.8. The fourth-order valence-electron chi connectivity index (χ4n) is 1.93. The van der Waals surface area contributed by atoms with E-state index in [4.69, 9.17) is 4.74 Å². The summed E-state index contributed by atoms with van der Waals surface area (Å²) in [5.74, 6) is 1.28. The second-order valence-corrected chi connectivity index (χ2v) is 4.90. The van der Waals surface area contributed by atoms with E-state index in [1.165, 1.54) is 0 Å². The lowest BCUT2D eigenvalue weighted by Crippen LogP contribution is -2.12. The second kappa shape index (κ2) is 8.02. The van der Waals surface area contributed by atoms with Crippen LogP contribution in [0.15, 0.2) is 42.6 Å². The van der Waals surface area contributed by atoms with Crippen molar-refractivity contribution in [1.29, 1.82) is 0 Å². The van der Waals surface area contributed by atoms with Gasteiger partial charge in [0, 0.05) is 12.1 Å². The first kappa shape index (κ1) is 15.8. The summed E-state index contributed by atoms with van der Waals surface area (Å²) in [7, 11) is 1.57. The largest absolute Gasteiger partial charge is 0.497 e. The standard InChI is InChI=1S/C17H21N3O2/c1-3-4-10-18-16-9-8-14(12-19-16)20-17(21)13-6-5-7-15(11-13)22-2/h5-9,11-12H,3-4,10H2,1-2H3,(H,18,19)(H,20,21). The minimum atomic E-state index is -0.188. The predicted octanol–water partition coefficient (Wildman–Crippen LogP) is 3.55. The van der Waals surface area contributed by atoms with Gasteiger partial charge in [0.1, 0.15) is 11.6 Å². The molecule has 0 aliphatic rings. The number of rotatable bonds is 7. The highest BCUT2D eigenvalue weighted by Gasteiger charge is 2.07. The van der Waals surface area contributed by atoms with Gasteiger partial charge in [-0.3, -0.25) is 4.79 Å². The maximum atomic E-state index is 12.2. The number of hydrogen-bond acceptors (Lipinski definition) is 4. The first-order valence-corrected chi connectivity index (χ1v) is 7.38. The third kappa shape index (κ3) is 4.48. The number of aromatic nitrogens is 1. The van der Waals surface area contributed by atoms with E-state index >= 15 is 0 Å². The molecule has 1 amide bonds. The number of benzene rings is 1. The van der Waals surface area contributed by atoms with Gasteiger partial charge in [-0.05, 0) is 36.8 Å². The van der Waals surface area contributed by atoms with Crippen LogP contribution in [0.4, 0.5) is 11.5 Å². The van der Waals surface area contributed by atoms with Crippen LogP contribution < -0.4 is 15.4 Å². The Labute approximate surface area is 130 Å². The second-order valence-electron chi connectivity index (χ2n) is 4.90. The molecule has 0 aliphatic carbocycles. The molecule has 0 radical (unpaired) electrons. The van der Waals surface area contributed by atoms with Gasteiger partial charge in [0.15, 0.2) is 0 Å². The van der Waals surface area contributed by atoms with Crippen molar-refractivity contribution in [2.45, 2.75) is 19.8 Å². The zero-order valence-corrected chi connectivity index (χ0v) is 12.9. The molecule has 2 aromatic rings. The van der Waals surface area contributed by atoms with Crippen molar-refractivity contribution in [1.82, 2.24) is 4.98 Å². The van der Waals surface area contributed by atoms with Gasteiger partial charge in [0.2, 0.25) is 0 Å². The molecule has 0 bridgehead atoms. The summed E-state index contributed by atoms with van der Waals surface area (Å²) in [5.41, 5.74) is 1.21. The van der Waals surface area contributed by atoms with Crippen molar-refractivity contribution in [2.24, 2.45) is 0 Å². The molecular weight excluding hydrogens is 278 g/mol. The number of ether oxygens (including phenoxy) is 1. The van der Waals surface area contributed by atoms with E-state index < -0.39 is 0 Å². The lowest BCUT2D eigenvalue weighted by molar-refractivity contribution is 0.102. The van der Waals surface area contributed by atoms with Crippen molar-refractivity contribution in [2.75, 3.05) is 24.3 Å². The molecule has 0 spiro atoms. The van der Waals surface area contributed by atoms with Crippen LogP contribution in [-0.2, 0) is 0 Å². The van der Waals surface area contributed by atoms with Gasteiger partial charge in [-0.2, -0.15) is 0 Å². The molecule has 0 atom stereocenters. The summed E-state index contributed by atoms with van der Waals surface area (Å²) in [4.78, 5) is 16.4. The van der Waals surface area contributed by atoms with Crippen molar-refractivity contribution in [3.05, 3.63) is 48.2 Å². The van der Waals surface area contributed by atoms with Gasteiger partial charge in [-0.15, -0.1) is 0 Å². The first-order chi connectivity index (χ1) is 10.7. The number of pyridine rings is 1. The third-order valence-corrected chi connectivity index (χ3v) is 3.19. The summed E-state index contributed by atoms with van der Waals surface area (Å²) in [6.45, 7) is 3.05. The van der Waals surface area contributed by atoms with Gasteiger partial charge < -0.3 is 15.4 Å². The number of nitrogens with zero attached hydrogens (tertiary/aromatic N) is 1. The molecule has 0 unspecified atom stereocenters. The number of nitrogens with one attached hydrogen (secondary N) is 2. The normalized spacial score (nSPS) is 10.1.